The molecule has 0 radical (unpaired) electrons. The van der Waals surface area contributed by atoms with Gasteiger partial charge in [-0.3, -0.25) is 4.79 Å². The van der Waals surface area contributed by atoms with Gasteiger partial charge in [-0.25, -0.2) is 8.78 Å². The highest BCUT2D eigenvalue weighted by Gasteiger charge is 2.34. The number of nitrogens with one attached hydrogen (secondary N) is 1. The van der Waals surface area contributed by atoms with Crippen molar-refractivity contribution in [1.29, 1.82) is 0 Å². The third-order valence-corrected chi connectivity index (χ3v) is 6.04. The van der Waals surface area contributed by atoms with Crippen LogP contribution >= 0.6 is 0 Å². The summed E-state index contributed by atoms with van der Waals surface area (Å²) in [6.45, 7) is 2.96. The van der Waals surface area contributed by atoms with E-state index in [-0.39, 0.29) is 23.2 Å². The molecule has 0 saturated carbocycles. The van der Waals surface area contributed by atoms with Crippen LogP contribution in [0.3, 0.4) is 0 Å². The zero-order chi connectivity index (χ0) is 22.9. The standard InChI is InChI=1S/C23H22F2N6O2/c1-14-5-4-10-30(20(14)13-26-23-29-18-6-2-3-7-21(18)33-23)22(32)15-11-16(24)17(25)12-19(15)31-27-8-9-28-31/h2-3,6-9,11-12,14,20H,4-5,10,13H2,1H3,(H,26,29). The Balaban J connectivity index is 1.43. The van der Waals surface area contributed by atoms with E-state index in [1.54, 1.807) is 4.90 Å². The van der Waals surface area contributed by atoms with Gasteiger partial charge in [0.05, 0.1) is 24.0 Å². The number of hydrogen-bond donors (Lipinski definition) is 1. The van der Waals surface area contributed by atoms with Crippen LogP contribution in [-0.4, -0.2) is 49.9 Å². The average Bonchev–Trinajstić information content (AvgIpc) is 3.49. The number of benzene rings is 2. The number of rotatable bonds is 5. The van der Waals surface area contributed by atoms with Crippen LogP contribution in [0.15, 0.2) is 53.2 Å². The summed E-state index contributed by atoms with van der Waals surface area (Å²) in [5, 5.41) is 11.2. The Morgan fingerprint density at radius 2 is 1.94 bits per heavy atom. The molecule has 8 nitrogen and oxygen atoms in total. The fraction of sp³-hybridized carbons (Fsp3) is 0.304. The summed E-state index contributed by atoms with van der Waals surface area (Å²) in [6, 6.07) is 9.48. The second-order valence-corrected chi connectivity index (χ2v) is 8.16. The van der Waals surface area contributed by atoms with Crippen molar-refractivity contribution in [2.24, 2.45) is 5.92 Å². The molecule has 3 heterocycles. The van der Waals surface area contributed by atoms with Crippen molar-refractivity contribution in [2.75, 3.05) is 18.4 Å². The van der Waals surface area contributed by atoms with Crippen LogP contribution in [0.5, 0.6) is 0 Å². The maximum atomic E-state index is 14.1. The number of carbonyl (C=O) groups is 1. The molecule has 5 rings (SSSR count). The van der Waals surface area contributed by atoms with E-state index in [1.807, 2.05) is 24.3 Å². The second kappa shape index (κ2) is 8.61. The number of hydrogen-bond acceptors (Lipinski definition) is 6. The molecule has 0 spiro atoms. The summed E-state index contributed by atoms with van der Waals surface area (Å²) >= 11 is 0. The topological polar surface area (TPSA) is 89.1 Å². The van der Waals surface area contributed by atoms with Crippen LogP contribution in [0.4, 0.5) is 14.8 Å². The first-order valence-corrected chi connectivity index (χ1v) is 10.8. The molecule has 1 N–H and O–H groups in total. The zero-order valence-corrected chi connectivity index (χ0v) is 17.9. The van der Waals surface area contributed by atoms with E-state index in [0.29, 0.717) is 24.7 Å². The van der Waals surface area contributed by atoms with Crippen LogP contribution in [0.2, 0.25) is 0 Å². The van der Waals surface area contributed by atoms with E-state index < -0.39 is 17.5 Å². The van der Waals surface area contributed by atoms with Gasteiger partial charge in [-0.05, 0) is 37.0 Å². The van der Waals surface area contributed by atoms with Crippen molar-refractivity contribution in [3.63, 3.8) is 0 Å². The molecule has 10 heteroatoms. The first-order chi connectivity index (χ1) is 16.0. The number of anilines is 1. The smallest absolute Gasteiger partial charge is 0.295 e. The van der Waals surface area contributed by atoms with Gasteiger partial charge < -0.3 is 14.6 Å². The van der Waals surface area contributed by atoms with Gasteiger partial charge >= 0.3 is 0 Å². The third kappa shape index (κ3) is 4.04. The largest absolute Gasteiger partial charge is 0.424 e. The molecule has 0 aliphatic carbocycles. The van der Waals surface area contributed by atoms with E-state index in [1.165, 1.54) is 12.4 Å². The van der Waals surface area contributed by atoms with Crippen LogP contribution in [0.1, 0.15) is 30.1 Å². The minimum atomic E-state index is -1.10. The van der Waals surface area contributed by atoms with E-state index >= 15 is 0 Å². The first kappa shape index (κ1) is 21.0. The van der Waals surface area contributed by atoms with Crippen molar-refractivity contribution in [1.82, 2.24) is 24.9 Å². The van der Waals surface area contributed by atoms with Gasteiger partial charge in [0.1, 0.15) is 11.2 Å². The molecule has 1 fully saturated rings. The Labute approximate surface area is 188 Å². The Morgan fingerprint density at radius 1 is 1.18 bits per heavy atom. The second-order valence-electron chi connectivity index (χ2n) is 8.16. The first-order valence-electron chi connectivity index (χ1n) is 10.8. The molecule has 1 aliphatic heterocycles. The lowest BCUT2D eigenvalue weighted by molar-refractivity contribution is 0.0538. The fourth-order valence-electron chi connectivity index (χ4n) is 4.32. The number of piperidine rings is 1. The summed E-state index contributed by atoms with van der Waals surface area (Å²) in [5.41, 5.74) is 1.50. The third-order valence-electron chi connectivity index (χ3n) is 6.04. The van der Waals surface area contributed by atoms with Gasteiger partial charge in [0.15, 0.2) is 17.2 Å². The van der Waals surface area contributed by atoms with Crippen molar-refractivity contribution in [3.05, 3.63) is 66.0 Å². The minimum Gasteiger partial charge on any atom is -0.424 e. The number of amides is 1. The van der Waals surface area contributed by atoms with E-state index in [9.17, 15) is 13.6 Å². The number of aromatic nitrogens is 4. The van der Waals surface area contributed by atoms with Crippen molar-refractivity contribution in [3.8, 4) is 5.69 Å². The number of halogens is 2. The normalized spacial score (nSPS) is 18.6. The van der Waals surface area contributed by atoms with Gasteiger partial charge in [0, 0.05) is 19.2 Å². The Kier molecular flexibility index (Phi) is 5.49. The Hall–Kier alpha value is -3.82. The molecule has 2 aromatic heterocycles. The van der Waals surface area contributed by atoms with Gasteiger partial charge in [0.25, 0.3) is 11.9 Å². The van der Waals surface area contributed by atoms with Crippen LogP contribution in [0, 0.1) is 17.6 Å². The number of oxazole rings is 1. The molecule has 2 aromatic carbocycles. The zero-order valence-electron chi connectivity index (χ0n) is 17.9. The summed E-state index contributed by atoms with van der Waals surface area (Å²) in [6.07, 6.45) is 4.57. The predicted octanol–water partition coefficient (Wildman–Crippen LogP) is 4.04. The highest BCUT2D eigenvalue weighted by Crippen LogP contribution is 2.28. The highest BCUT2D eigenvalue weighted by atomic mass is 19.2. The maximum Gasteiger partial charge on any atom is 0.295 e. The van der Waals surface area contributed by atoms with E-state index in [4.69, 9.17) is 4.42 Å². The molecule has 2 atom stereocenters. The van der Waals surface area contributed by atoms with E-state index in [0.717, 1.165) is 35.3 Å². The Bertz CT molecular complexity index is 1260. The molecule has 4 aromatic rings. The lowest BCUT2D eigenvalue weighted by atomic mass is 9.90. The minimum absolute atomic E-state index is 0.00561. The lowest BCUT2D eigenvalue weighted by Gasteiger charge is -2.40. The summed E-state index contributed by atoms with van der Waals surface area (Å²) in [4.78, 5) is 20.8. The van der Waals surface area contributed by atoms with Crippen molar-refractivity contribution >= 4 is 23.0 Å². The average molecular weight is 452 g/mol. The van der Waals surface area contributed by atoms with Crippen LogP contribution < -0.4 is 5.32 Å². The summed E-state index contributed by atoms with van der Waals surface area (Å²) in [7, 11) is 0. The fourth-order valence-corrected chi connectivity index (χ4v) is 4.32. The van der Waals surface area contributed by atoms with Gasteiger partial charge in [-0.2, -0.15) is 20.0 Å². The maximum absolute atomic E-state index is 14.1. The predicted molar refractivity (Wildman–Crippen MR) is 117 cm³/mol. The molecule has 33 heavy (non-hydrogen) atoms. The van der Waals surface area contributed by atoms with Crippen molar-refractivity contribution in [2.45, 2.75) is 25.8 Å². The molecule has 2 unspecified atom stereocenters. The quantitative estimate of drug-likeness (QED) is 0.492. The monoisotopic (exact) mass is 452 g/mol. The lowest BCUT2D eigenvalue weighted by Crippen LogP contribution is -2.51. The van der Waals surface area contributed by atoms with Gasteiger partial charge in [0.2, 0.25) is 0 Å². The molecule has 0 bridgehead atoms. The van der Waals surface area contributed by atoms with Crippen LogP contribution in [-0.2, 0) is 0 Å². The van der Waals surface area contributed by atoms with Gasteiger partial charge in [-0.15, -0.1) is 0 Å². The number of fused-ring (bicyclic) bond motifs is 1. The molecule has 170 valence electrons. The molecule has 1 aliphatic rings. The Morgan fingerprint density at radius 3 is 2.73 bits per heavy atom. The molecular formula is C23H22F2N6O2. The number of carbonyl (C=O) groups excluding carboxylic acids is 1. The number of nitrogens with zero attached hydrogens (tertiary/aromatic N) is 5. The number of para-hydroxylation sites is 2. The highest BCUT2D eigenvalue weighted by molar-refractivity contribution is 5.98. The summed E-state index contributed by atoms with van der Waals surface area (Å²) in [5.74, 6) is -2.39. The molecule has 1 amide bonds. The van der Waals surface area contributed by atoms with Crippen LogP contribution in [0.25, 0.3) is 16.8 Å². The van der Waals surface area contributed by atoms with E-state index in [2.05, 4.69) is 27.4 Å². The molecular weight excluding hydrogens is 430 g/mol. The molecule has 1 saturated heterocycles. The SMILES string of the molecule is CC1CCCN(C(=O)c2cc(F)c(F)cc2-n2nccn2)C1CNc1nc2ccccc2o1. The van der Waals surface area contributed by atoms with Crippen molar-refractivity contribution < 1.29 is 18.0 Å². The number of likely N-dealkylation sites (tertiary alicyclic amines) is 1. The van der Waals surface area contributed by atoms with Gasteiger partial charge in [-0.1, -0.05) is 19.1 Å². The summed E-state index contributed by atoms with van der Waals surface area (Å²) < 4.78 is 33.9.